The third kappa shape index (κ3) is 4.48. The molecule has 0 aliphatic carbocycles. The fourth-order valence-electron chi connectivity index (χ4n) is 2.76. The van der Waals surface area contributed by atoms with Crippen molar-refractivity contribution in [1.29, 1.82) is 0 Å². The minimum Gasteiger partial charge on any atom is -0.387 e. The van der Waals surface area contributed by atoms with Crippen LogP contribution in [0.3, 0.4) is 0 Å². The van der Waals surface area contributed by atoms with E-state index in [1.807, 2.05) is 13.8 Å². The topological polar surface area (TPSA) is 114 Å². The van der Waals surface area contributed by atoms with Crippen LogP contribution in [-0.2, 0) is 0 Å². The smallest absolute Gasteiger partial charge is 0.256 e. The maximum atomic E-state index is 14.0. The molecule has 30 heavy (non-hydrogen) atoms. The van der Waals surface area contributed by atoms with Gasteiger partial charge in [0, 0.05) is 30.6 Å². The summed E-state index contributed by atoms with van der Waals surface area (Å²) < 4.78 is 16.8. The van der Waals surface area contributed by atoms with Crippen molar-refractivity contribution in [1.82, 2.24) is 24.5 Å². The summed E-state index contributed by atoms with van der Waals surface area (Å²) in [6.07, 6.45) is 1.32. The molecular formula is C20H25FN6O3. The van der Waals surface area contributed by atoms with Gasteiger partial charge in [-0.3, -0.25) is 14.2 Å². The molecule has 0 unspecified atom stereocenters. The monoisotopic (exact) mass is 416 g/mol. The summed E-state index contributed by atoms with van der Waals surface area (Å²) in [5.41, 5.74) is -1.23. The van der Waals surface area contributed by atoms with Gasteiger partial charge in [-0.25, -0.2) is 9.37 Å². The largest absolute Gasteiger partial charge is 0.387 e. The predicted octanol–water partition coefficient (Wildman–Crippen LogP) is 1.54. The minimum absolute atomic E-state index is 0.0421. The van der Waals surface area contributed by atoms with E-state index in [0.29, 0.717) is 17.3 Å². The zero-order chi connectivity index (χ0) is 22.1. The Hall–Kier alpha value is -3.27. The van der Waals surface area contributed by atoms with Crippen LogP contribution in [-0.4, -0.2) is 54.5 Å². The van der Waals surface area contributed by atoms with Crippen LogP contribution in [0.25, 0.3) is 11.5 Å². The van der Waals surface area contributed by atoms with E-state index < -0.39 is 17.7 Å². The van der Waals surface area contributed by atoms with Crippen LogP contribution < -0.4 is 16.2 Å². The standard InChI is InChI=1S/C20H25FN6O3/c1-12(2)24-18-13(19(29)23-11-14(21)20(3,4)30)10-22-15-9-16(25-27(15)18)26-8-6-5-7-17(26)28/h5-10,12,14,24,30H,11H2,1-4H3,(H,23,29)/t14-/m1/s1. The highest BCUT2D eigenvalue weighted by atomic mass is 19.1. The summed E-state index contributed by atoms with van der Waals surface area (Å²) >= 11 is 0. The van der Waals surface area contributed by atoms with Gasteiger partial charge < -0.3 is 15.7 Å². The Morgan fingerprint density at radius 3 is 2.70 bits per heavy atom. The van der Waals surface area contributed by atoms with E-state index in [9.17, 15) is 19.1 Å². The number of aliphatic hydroxyl groups is 1. The molecule has 3 aromatic rings. The molecule has 10 heteroatoms. The maximum absolute atomic E-state index is 14.0. The molecule has 0 spiro atoms. The summed E-state index contributed by atoms with van der Waals surface area (Å²) in [6, 6.07) is 6.34. The van der Waals surface area contributed by atoms with Gasteiger partial charge in [0.2, 0.25) is 0 Å². The van der Waals surface area contributed by atoms with Crippen LogP contribution in [0.2, 0.25) is 0 Å². The number of carbonyl (C=O) groups excluding carboxylic acids is 1. The third-order valence-electron chi connectivity index (χ3n) is 4.42. The van der Waals surface area contributed by atoms with Crippen LogP contribution in [0, 0.1) is 0 Å². The minimum atomic E-state index is -1.64. The number of hydrogen-bond acceptors (Lipinski definition) is 6. The summed E-state index contributed by atoms with van der Waals surface area (Å²) in [6.45, 7) is 6.10. The molecule has 0 bridgehead atoms. The molecule has 1 atom stereocenters. The van der Waals surface area contributed by atoms with E-state index in [1.165, 1.54) is 35.2 Å². The highest BCUT2D eigenvalue weighted by Crippen LogP contribution is 2.20. The van der Waals surface area contributed by atoms with Crippen LogP contribution in [0.4, 0.5) is 10.2 Å². The van der Waals surface area contributed by atoms with Crippen LogP contribution in [0.5, 0.6) is 0 Å². The Morgan fingerprint density at radius 2 is 2.07 bits per heavy atom. The van der Waals surface area contributed by atoms with Crippen molar-refractivity contribution in [3.63, 3.8) is 0 Å². The second-order valence-corrected chi connectivity index (χ2v) is 7.83. The lowest BCUT2D eigenvalue weighted by Crippen LogP contribution is -2.42. The van der Waals surface area contributed by atoms with Gasteiger partial charge in [-0.2, -0.15) is 4.52 Å². The van der Waals surface area contributed by atoms with E-state index in [2.05, 4.69) is 20.7 Å². The molecular weight excluding hydrogens is 391 g/mol. The zero-order valence-corrected chi connectivity index (χ0v) is 17.3. The van der Waals surface area contributed by atoms with E-state index in [4.69, 9.17) is 0 Å². The fraction of sp³-hybridized carbons (Fsp3) is 0.400. The van der Waals surface area contributed by atoms with Crippen molar-refractivity contribution < 1.29 is 14.3 Å². The molecule has 1 amide bonds. The number of hydrogen-bond donors (Lipinski definition) is 3. The van der Waals surface area contributed by atoms with Gasteiger partial charge in [0.05, 0.1) is 12.1 Å². The molecule has 3 N–H and O–H groups in total. The van der Waals surface area contributed by atoms with Gasteiger partial charge in [0.25, 0.3) is 11.5 Å². The second-order valence-electron chi connectivity index (χ2n) is 7.83. The first-order valence-corrected chi connectivity index (χ1v) is 9.56. The molecule has 0 aliphatic heterocycles. The van der Waals surface area contributed by atoms with Crippen LogP contribution in [0.15, 0.2) is 41.5 Å². The lowest BCUT2D eigenvalue weighted by atomic mass is 10.0. The number of fused-ring (bicyclic) bond motifs is 1. The van der Waals surface area contributed by atoms with E-state index in [0.717, 1.165) is 0 Å². The Bertz CT molecular complexity index is 1120. The molecule has 3 heterocycles. The lowest BCUT2D eigenvalue weighted by Gasteiger charge is -2.22. The highest BCUT2D eigenvalue weighted by molar-refractivity contribution is 5.99. The Kier molecular flexibility index (Phi) is 5.88. The van der Waals surface area contributed by atoms with Crippen LogP contribution >= 0.6 is 0 Å². The molecule has 3 aromatic heterocycles. The first kappa shape index (κ1) is 21.4. The Balaban J connectivity index is 2.01. The summed E-state index contributed by atoms with van der Waals surface area (Å²) in [4.78, 5) is 29.1. The van der Waals surface area contributed by atoms with Gasteiger partial charge in [0.1, 0.15) is 17.6 Å². The van der Waals surface area contributed by atoms with Crippen molar-refractivity contribution in [2.24, 2.45) is 0 Å². The normalized spacial score (nSPS) is 12.9. The molecule has 0 aliphatic rings. The lowest BCUT2D eigenvalue weighted by molar-refractivity contribution is -0.00177. The van der Waals surface area contributed by atoms with Crippen molar-refractivity contribution >= 4 is 17.4 Å². The number of aromatic nitrogens is 4. The maximum Gasteiger partial charge on any atom is 0.256 e. The van der Waals surface area contributed by atoms with Crippen molar-refractivity contribution in [3.05, 3.63) is 52.6 Å². The number of carbonyl (C=O) groups is 1. The molecule has 160 valence electrons. The quantitative estimate of drug-likeness (QED) is 0.538. The van der Waals surface area contributed by atoms with Crippen molar-refractivity contribution in [2.45, 2.75) is 45.5 Å². The average molecular weight is 416 g/mol. The SMILES string of the molecule is CC(C)Nc1c(C(=O)NC[C@@H](F)C(C)(C)O)cnc2cc(-n3ccccc3=O)nn12. The molecule has 3 rings (SSSR count). The van der Waals surface area contributed by atoms with Crippen molar-refractivity contribution in [3.8, 4) is 5.82 Å². The van der Waals surface area contributed by atoms with Crippen molar-refractivity contribution in [2.75, 3.05) is 11.9 Å². The van der Waals surface area contributed by atoms with Gasteiger partial charge >= 0.3 is 0 Å². The number of pyridine rings is 1. The molecule has 0 saturated heterocycles. The molecule has 0 aromatic carbocycles. The van der Waals surface area contributed by atoms with Gasteiger partial charge in [-0.05, 0) is 33.8 Å². The number of rotatable bonds is 7. The number of nitrogens with one attached hydrogen (secondary N) is 2. The first-order chi connectivity index (χ1) is 14.1. The summed E-state index contributed by atoms with van der Waals surface area (Å²) in [5.74, 6) is 0.151. The Morgan fingerprint density at radius 1 is 1.33 bits per heavy atom. The van der Waals surface area contributed by atoms with Gasteiger partial charge in [-0.1, -0.05) is 6.07 Å². The first-order valence-electron chi connectivity index (χ1n) is 9.56. The number of nitrogens with zero attached hydrogens (tertiary/aromatic N) is 4. The third-order valence-corrected chi connectivity index (χ3v) is 4.42. The molecule has 0 radical (unpaired) electrons. The number of alkyl halides is 1. The molecule has 9 nitrogen and oxygen atoms in total. The number of anilines is 1. The number of amides is 1. The van der Waals surface area contributed by atoms with E-state index >= 15 is 0 Å². The van der Waals surface area contributed by atoms with Crippen LogP contribution in [0.1, 0.15) is 38.1 Å². The second kappa shape index (κ2) is 8.23. The predicted molar refractivity (Wildman–Crippen MR) is 111 cm³/mol. The summed E-state index contributed by atoms with van der Waals surface area (Å²) in [7, 11) is 0. The van der Waals surface area contributed by atoms with E-state index in [1.54, 1.807) is 24.4 Å². The highest BCUT2D eigenvalue weighted by Gasteiger charge is 2.27. The number of halogens is 1. The summed E-state index contributed by atoms with van der Waals surface area (Å²) in [5, 5.41) is 19.8. The fourth-order valence-corrected chi connectivity index (χ4v) is 2.76. The van der Waals surface area contributed by atoms with E-state index in [-0.39, 0.29) is 23.7 Å². The molecule has 0 fully saturated rings. The average Bonchev–Trinajstić information content (AvgIpc) is 3.09. The zero-order valence-electron chi connectivity index (χ0n) is 17.3. The molecule has 0 saturated carbocycles. The Labute approximate surface area is 172 Å². The van der Waals surface area contributed by atoms with Gasteiger partial charge in [-0.15, -0.1) is 5.10 Å². The van der Waals surface area contributed by atoms with Gasteiger partial charge in [0.15, 0.2) is 11.5 Å².